The summed E-state index contributed by atoms with van der Waals surface area (Å²) in [5.41, 5.74) is 7.49. The number of nitrogens with one attached hydrogen (secondary N) is 2. The van der Waals surface area contributed by atoms with E-state index in [1.165, 1.54) is 5.56 Å². The van der Waals surface area contributed by atoms with Gasteiger partial charge in [-0.1, -0.05) is 35.4 Å². The number of nitrogens with zero attached hydrogens (tertiary/aromatic N) is 2. The second kappa shape index (κ2) is 6.58. The number of rotatable bonds is 5. The average Bonchev–Trinajstić information content (AvgIpc) is 2.94. The molecule has 0 fully saturated rings. The van der Waals surface area contributed by atoms with Gasteiger partial charge in [0.05, 0.1) is 0 Å². The van der Waals surface area contributed by atoms with Gasteiger partial charge in [0.25, 0.3) is 0 Å². The van der Waals surface area contributed by atoms with Gasteiger partial charge >= 0.3 is 0 Å². The van der Waals surface area contributed by atoms with Crippen molar-refractivity contribution in [1.82, 2.24) is 15.2 Å². The number of aromatic nitrogens is 3. The Bertz CT molecular complexity index is 800. The molecule has 6 nitrogen and oxygen atoms in total. The summed E-state index contributed by atoms with van der Waals surface area (Å²) in [6.07, 6.45) is 0. The molecule has 0 unspecified atom stereocenters. The van der Waals surface area contributed by atoms with Crippen molar-refractivity contribution in [2.24, 2.45) is 0 Å². The number of ether oxygens (including phenoxy) is 1. The first-order chi connectivity index (χ1) is 11.1. The number of benzene rings is 2. The molecular formula is C16H16ClN5O. The predicted molar refractivity (Wildman–Crippen MR) is 90.8 cm³/mol. The third kappa shape index (κ3) is 3.73. The Kier molecular flexibility index (Phi) is 4.34. The molecule has 23 heavy (non-hydrogen) atoms. The van der Waals surface area contributed by atoms with Gasteiger partial charge in [-0.25, -0.2) is 5.10 Å². The van der Waals surface area contributed by atoms with E-state index in [9.17, 15) is 0 Å². The predicted octanol–water partition coefficient (Wildman–Crippen LogP) is 3.75. The molecule has 0 aliphatic heterocycles. The fourth-order valence-corrected chi connectivity index (χ4v) is 2.29. The number of nitrogen functional groups attached to an aromatic ring is 1. The highest BCUT2D eigenvalue weighted by atomic mass is 35.5. The Morgan fingerprint density at radius 2 is 2.00 bits per heavy atom. The van der Waals surface area contributed by atoms with Crippen LogP contribution in [0.1, 0.15) is 11.1 Å². The van der Waals surface area contributed by atoms with Crippen molar-refractivity contribution in [1.29, 1.82) is 0 Å². The van der Waals surface area contributed by atoms with Crippen LogP contribution in [0.2, 0.25) is 5.02 Å². The van der Waals surface area contributed by atoms with E-state index in [-0.39, 0.29) is 5.95 Å². The van der Waals surface area contributed by atoms with Crippen LogP contribution in [-0.4, -0.2) is 15.2 Å². The van der Waals surface area contributed by atoms with Crippen molar-refractivity contribution in [2.45, 2.75) is 13.5 Å². The van der Waals surface area contributed by atoms with Crippen LogP contribution in [0.3, 0.4) is 0 Å². The third-order valence-electron chi connectivity index (χ3n) is 3.25. The highest BCUT2D eigenvalue weighted by molar-refractivity contribution is 6.31. The lowest BCUT2D eigenvalue weighted by atomic mass is 10.2. The molecular weight excluding hydrogens is 314 g/mol. The van der Waals surface area contributed by atoms with Crippen molar-refractivity contribution >= 4 is 23.5 Å². The van der Waals surface area contributed by atoms with Gasteiger partial charge in [0.2, 0.25) is 11.9 Å². The molecule has 0 bridgehead atoms. The summed E-state index contributed by atoms with van der Waals surface area (Å²) in [6, 6.07) is 13.4. The molecule has 1 aromatic heterocycles. The highest BCUT2D eigenvalue weighted by Gasteiger charge is 2.10. The normalized spacial score (nSPS) is 10.5. The number of nitrogens with two attached hydrogens (primary N) is 1. The van der Waals surface area contributed by atoms with Gasteiger partial charge in [0.15, 0.2) is 0 Å². The first-order valence-corrected chi connectivity index (χ1v) is 7.43. The topological polar surface area (TPSA) is 88.8 Å². The molecule has 7 heteroatoms. The number of aromatic amines is 1. The van der Waals surface area contributed by atoms with Gasteiger partial charge < -0.3 is 15.8 Å². The zero-order chi connectivity index (χ0) is 16.2. The Morgan fingerprint density at radius 1 is 1.22 bits per heavy atom. The zero-order valence-corrected chi connectivity index (χ0v) is 13.3. The average molecular weight is 330 g/mol. The van der Waals surface area contributed by atoms with Crippen LogP contribution in [-0.2, 0) is 6.54 Å². The molecule has 3 rings (SSSR count). The van der Waals surface area contributed by atoms with Crippen molar-refractivity contribution in [2.75, 3.05) is 11.1 Å². The van der Waals surface area contributed by atoms with Gasteiger partial charge in [0.1, 0.15) is 11.5 Å². The summed E-state index contributed by atoms with van der Waals surface area (Å²) >= 11 is 6.30. The smallest absolute Gasteiger partial charge is 0.243 e. The molecule has 0 atom stereocenters. The second-order valence-corrected chi connectivity index (χ2v) is 5.44. The van der Waals surface area contributed by atoms with E-state index in [1.54, 1.807) is 0 Å². The molecule has 0 amide bonds. The second-order valence-electron chi connectivity index (χ2n) is 5.03. The molecule has 0 saturated heterocycles. The molecule has 0 radical (unpaired) electrons. The molecule has 0 saturated carbocycles. The highest BCUT2D eigenvalue weighted by Crippen LogP contribution is 2.31. The summed E-state index contributed by atoms with van der Waals surface area (Å²) in [5.74, 6) is 2.09. The number of hydrogen-bond donors (Lipinski definition) is 3. The van der Waals surface area contributed by atoms with E-state index in [2.05, 4.69) is 20.5 Å². The molecule has 0 aliphatic rings. The van der Waals surface area contributed by atoms with Crippen LogP contribution in [0, 0.1) is 6.92 Å². The van der Waals surface area contributed by atoms with E-state index in [0.717, 1.165) is 11.3 Å². The lowest BCUT2D eigenvalue weighted by Crippen LogP contribution is -2.03. The monoisotopic (exact) mass is 329 g/mol. The fraction of sp³-hybridized carbons (Fsp3) is 0.125. The fourth-order valence-electron chi connectivity index (χ4n) is 2.06. The van der Waals surface area contributed by atoms with Crippen LogP contribution >= 0.6 is 11.6 Å². The summed E-state index contributed by atoms with van der Waals surface area (Å²) < 4.78 is 5.94. The summed E-state index contributed by atoms with van der Waals surface area (Å²) in [5, 5.41) is 10.2. The Balaban J connectivity index is 1.80. The number of anilines is 2. The Labute approximate surface area is 138 Å². The van der Waals surface area contributed by atoms with Crippen LogP contribution in [0.4, 0.5) is 11.9 Å². The lowest BCUT2D eigenvalue weighted by Gasteiger charge is -2.13. The maximum absolute atomic E-state index is 6.30. The van der Waals surface area contributed by atoms with Crippen molar-refractivity contribution in [3.8, 4) is 11.5 Å². The largest absolute Gasteiger partial charge is 0.457 e. The van der Waals surface area contributed by atoms with Crippen molar-refractivity contribution < 1.29 is 4.74 Å². The molecule has 0 spiro atoms. The zero-order valence-electron chi connectivity index (χ0n) is 12.5. The first kappa shape index (κ1) is 15.2. The Morgan fingerprint density at radius 3 is 2.70 bits per heavy atom. The molecule has 0 aliphatic carbocycles. The van der Waals surface area contributed by atoms with E-state index in [1.807, 2.05) is 49.4 Å². The molecule has 1 heterocycles. The quantitative estimate of drug-likeness (QED) is 0.663. The van der Waals surface area contributed by atoms with Gasteiger partial charge in [-0.05, 0) is 31.2 Å². The number of aryl methyl sites for hydroxylation is 1. The number of halogens is 1. The van der Waals surface area contributed by atoms with E-state index in [0.29, 0.717) is 23.3 Å². The van der Waals surface area contributed by atoms with Gasteiger partial charge in [-0.15, -0.1) is 5.10 Å². The maximum Gasteiger partial charge on any atom is 0.243 e. The standard InChI is InChI=1S/C16H16ClN5O/c1-10-5-7-11(8-6-10)23-14-4-2-3-13(17)12(14)9-19-16-20-15(18)21-22-16/h2-8H,9H2,1H3,(H4,18,19,20,21,22). The first-order valence-electron chi connectivity index (χ1n) is 7.05. The summed E-state index contributed by atoms with van der Waals surface area (Å²) in [7, 11) is 0. The minimum absolute atomic E-state index is 0.253. The molecule has 3 aromatic rings. The SMILES string of the molecule is Cc1ccc(Oc2cccc(Cl)c2CNc2n[nH]c(N)n2)cc1. The van der Waals surface area contributed by atoms with Crippen molar-refractivity contribution in [3.63, 3.8) is 0 Å². The van der Waals surface area contributed by atoms with E-state index < -0.39 is 0 Å². The van der Waals surface area contributed by atoms with E-state index >= 15 is 0 Å². The molecule has 2 aromatic carbocycles. The van der Waals surface area contributed by atoms with Crippen LogP contribution < -0.4 is 15.8 Å². The number of H-pyrrole nitrogens is 1. The summed E-state index contributed by atoms with van der Waals surface area (Å²) in [4.78, 5) is 3.99. The van der Waals surface area contributed by atoms with Crippen LogP contribution in [0.25, 0.3) is 0 Å². The third-order valence-corrected chi connectivity index (χ3v) is 3.60. The van der Waals surface area contributed by atoms with Crippen molar-refractivity contribution in [3.05, 3.63) is 58.6 Å². The van der Waals surface area contributed by atoms with Gasteiger partial charge in [0, 0.05) is 17.1 Å². The van der Waals surface area contributed by atoms with Crippen LogP contribution in [0.15, 0.2) is 42.5 Å². The minimum atomic E-state index is 0.253. The lowest BCUT2D eigenvalue weighted by molar-refractivity contribution is 0.477. The molecule has 4 N–H and O–H groups in total. The Hall–Kier alpha value is -2.73. The summed E-state index contributed by atoms with van der Waals surface area (Å²) in [6.45, 7) is 2.44. The molecule has 118 valence electrons. The van der Waals surface area contributed by atoms with E-state index in [4.69, 9.17) is 22.1 Å². The maximum atomic E-state index is 6.30. The minimum Gasteiger partial charge on any atom is -0.457 e. The van der Waals surface area contributed by atoms with Crippen LogP contribution in [0.5, 0.6) is 11.5 Å². The van der Waals surface area contributed by atoms with Gasteiger partial charge in [-0.3, -0.25) is 0 Å². The van der Waals surface area contributed by atoms with Gasteiger partial charge in [-0.2, -0.15) is 4.98 Å². The number of hydrogen-bond acceptors (Lipinski definition) is 5.